The summed E-state index contributed by atoms with van der Waals surface area (Å²) in [5.41, 5.74) is 0. The Balaban J connectivity index is 2.11. The zero-order chi connectivity index (χ0) is 52.8. The molecule has 1 saturated heterocycles. The van der Waals surface area contributed by atoms with Crippen LogP contribution >= 0.6 is 0 Å². The van der Waals surface area contributed by atoms with Crippen LogP contribution in [-0.2, 0) is 23.7 Å². The van der Waals surface area contributed by atoms with E-state index in [-0.39, 0.29) is 19.2 Å². The van der Waals surface area contributed by atoms with Gasteiger partial charge in [0.05, 0.1) is 19.8 Å². The SMILES string of the molecule is CC/C=C\C/C=C\C/C=C\C/C=C\CCCCCCCCCCCCCCC(=O)OC(COCCCCCCCCCCCCCCCCCCCCCCCCCCC)COC1OC(CO)C(O)C(O)C1O. The first-order valence-electron chi connectivity index (χ1n) is 31.2. The molecule has 4 N–H and O–H groups in total. The number of unbranched alkanes of at least 4 members (excludes halogenated alkanes) is 36. The average Bonchev–Trinajstić information content (AvgIpc) is 3.39. The van der Waals surface area contributed by atoms with Gasteiger partial charge in [-0.3, -0.25) is 4.79 Å². The van der Waals surface area contributed by atoms with Crippen molar-refractivity contribution >= 4 is 5.97 Å². The fourth-order valence-corrected chi connectivity index (χ4v) is 9.72. The zero-order valence-corrected chi connectivity index (χ0v) is 47.6. The highest BCUT2D eigenvalue weighted by Gasteiger charge is 2.44. The first-order chi connectivity index (χ1) is 35.9. The summed E-state index contributed by atoms with van der Waals surface area (Å²) in [5, 5.41) is 40.4. The third-order valence-electron chi connectivity index (χ3n) is 14.5. The number of ether oxygens (including phenoxy) is 4. The summed E-state index contributed by atoms with van der Waals surface area (Å²) in [4.78, 5) is 12.9. The number of aliphatic hydroxyl groups excluding tert-OH is 4. The standard InChI is InChI=1S/C64H118O9/c1-3-5-7-9-11-13-15-17-19-21-23-25-27-29-31-33-35-37-39-41-43-45-47-49-51-53-60(66)72-58(57-71-64-63(69)62(68)61(67)59(55-65)73-64)56-70-54-52-50-48-46-44-42-40-38-36-34-32-30-28-26-24-22-20-18-16-14-12-10-8-6-4-2/h5,7,11,13,17,19,23,25,58-59,61-65,67-69H,3-4,6,8-10,12,14-16,18,20-22,24,26-57H2,1-2H3/b7-5-,13-11-,19-17-,25-23-. The van der Waals surface area contributed by atoms with E-state index < -0.39 is 43.4 Å². The molecule has 0 aromatic rings. The molecule has 1 rings (SSSR count). The molecule has 1 heterocycles. The number of carbonyl (C=O) groups is 1. The van der Waals surface area contributed by atoms with Gasteiger partial charge in [0.2, 0.25) is 0 Å². The summed E-state index contributed by atoms with van der Waals surface area (Å²) in [6, 6.07) is 0. The van der Waals surface area contributed by atoms with Gasteiger partial charge >= 0.3 is 5.97 Å². The van der Waals surface area contributed by atoms with Crippen molar-refractivity contribution < 1.29 is 44.2 Å². The van der Waals surface area contributed by atoms with Crippen LogP contribution in [-0.4, -0.2) is 89.6 Å². The van der Waals surface area contributed by atoms with Gasteiger partial charge in [-0.15, -0.1) is 0 Å². The van der Waals surface area contributed by atoms with Crippen LogP contribution in [0, 0.1) is 0 Å². The van der Waals surface area contributed by atoms with Gasteiger partial charge in [-0.1, -0.05) is 281 Å². The lowest BCUT2D eigenvalue weighted by atomic mass is 9.99. The summed E-state index contributed by atoms with van der Waals surface area (Å²) >= 11 is 0. The Hall–Kier alpha value is -1.85. The number of hydrogen-bond acceptors (Lipinski definition) is 9. The van der Waals surface area contributed by atoms with Gasteiger partial charge in [0.15, 0.2) is 6.29 Å². The van der Waals surface area contributed by atoms with Crippen molar-refractivity contribution in [2.75, 3.05) is 26.4 Å². The number of rotatable bonds is 55. The minimum absolute atomic E-state index is 0.111. The van der Waals surface area contributed by atoms with Gasteiger partial charge in [0.25, 0.3) is 0 Å². The third-order valence-corrected chi connectivity index (χ3v) is 14.5. The van der Waals surface area contributed by atoms with E-state index in [2.05, 4.69) is 62.5 Å². The summed E-state index contributed by atoms with van der Waals surface area (Å²) in [6.45, 7) is 4.51. The molecule has 1 aliphatic rings. The Morgan fingerprint density at radius 2 is 0.836 bits per heavy atom. The molecule has 0 aliphatic carbocycles. The Morgan fingerprint density at radius 3 is 1.26 bits per heavy atom. The third kappa shape index (κ3) is 44.9. The number of esters is 1. The number of carbonyl (C=O) groups excluding carboxylic acids is 1. The van der Waals surface area contributed by atoms with Crippen LogP contribution in [0.1, 0.15) is 290 Å². The van der Waals surface area contributed by atoms with E-state index in [0.29, 0.717) is 13.0 Å². The number of aliphatic hydroxyl groups is 4. The molecule has 6 unspecified atom stereocenters. The average molecular weight is 1030 g/mol. The summed E-state index contributed by atoms with van der Waals surface area (Å²) in [7, 11) is 0. The lowest BCUT2D eigenvalue weighted by Gasteiger charge is -2.39. The van der Waals surface area contributed by atoms with Gasteiger partial charge in [-0.2, -0.15) is 0 Å². The minimum Gasteiger partial charge on any atom is -0.457 e. The largest absolute Gasteiger partial charge is 0.457 e. The highest BCUT2D eigenvalue weighted by molar-refractivity contribution is 5.69. The van der Waals surface area contributed by atoms with Crippen LogP contribution in [0.5, 0.6) is 0 Å². The fraction of sp³-hybridized carbons (Fsp3) is 0.859. The van der Waals surface area contributed by atoms with E-state index in [1.54, 1.807) is 0 Å². The molecular weight excluding hydrogens is 913 g/mol. The molecule has 9 heteroatoms. The molecular formula is C64H118O9. The van der Waals surface area contributed by atoms with Gasteiger partial charge in [-0.05, 0) is 51.4 Å². The highest BCUT2D eigenvalue weighted by Crippen LogP contribution is 2.23. The Morgan fingerprint density at radius 1 is 0.452 bits per heavy atom. The maximum absolute atomic E-state index is 12.9. The van der Waals surface area contributed by atoms with Crippen LogP contribution in [0.4, 0.5) is 0 Å². The smallest absolute Gasteiger partial charge is 0.306 e. The normalized spacial score (nSPS) is 18.9. The van der Waals surface area contributed by atoms with Gasteiger partial charge < -0.3 is 39.4 Å². The predicted octanol–water partition coefficient (Wildman–Crippen LogP) is 16.8. The molecule has 0 aromatic heterocycles. The van der Waals surface area contributed by atoms with Gasteiger partial charge in [0, 0.05) is 13.0 Å². The minimum atomic E-state index is -1.54. The van der Waals surface area contributed by atoms with Crippen LogP contribution < -0.4 is 0 Å². The first kappa shape index (κ1) is 69.2. The van der Waals surface area contributed by atoms with Crippen LogP contribution in [0.25, 0.3) is 0 Å². The van der Waals surface area contributed by atoms with Crippen molar-refractivity contribution in [3.63, 3.8) is 0 Å². The summed E-state index contributed by atoms with van der Waals surface area (Å²) in [5.74, 6) is -0.311. The predicted molar refractivity (Wildman–Crippen MR) is 307 cm³/mol. The van der Waals surface area contributed by atoms with E-state index >= 15 is 0 Å². The first-order valence-corrected chi connectivity index (χ1v) is 31.2. The number of allylic oxidation sites excluding steroid dienone is 8. The Bertz CT molecular complexity index is 1270. The lowest BCUT2D eigenvalue weighted by Crippen LogP contribution is -2.59. The molecule has 1 aliphatic heterocycles. The van der Waals surface area contributed by atoms with Crippen LogP contribution in [0.3, 0.4) is 0 Å². The molecule has 0 amide bonds. The van der Waals surface area contributed by atoms with E-state index in [0.717, 1.165) is 57.8 Å². The second-order valence-electron chi connectivity index (χ2n) is 21.5. The molecule has 9 nitrogen and oxygen atoms in total. The van der Waals surface area contributed by atoms with Crippen molar-refractivity contribution in [2.45, 2.75) is 327 Å². The van der Waals surface area contributed by atoms with Crippen molar-refractivity contribution in [2.24, 2.45) is 0 Å². The molecule has 73 heavy (non-hydrogen) atoms. The van der Waals surface area contributed by atoms with Crippen molar-refractivity contribution in [1.82, 2.24) is 0 Å². The molecule has 0 saturated carbocycles. The van der Waals surface area contributed by atoms with Crippen LogP contribution in [0.15, 0.2) is 48.6 Å². The molecule has 1 fully saturated rings. The van der Waals surface area contributed by atoms with Crippen molar-refractivity contribution in [3.8, 4) is 0 Å². The van der Waals surface area contributed by atoms with Crippen molar-refractivity contribution in [3.05, 3.63) is 48.6 Å². The van der Waals surface area contributed by atoms with E-state index in [9.17, 15) is 25.2 Å². The van der Waals surface area contributed by atoms with Gasteiger partial charge in [0.1, 0.15) is 30.5 Å². The molecule has 0 spiro atoms. The van der Waals surface area contributed by atoms with E-state index in [4.69, 9.17) is 18.9 Å². The quantitative estimate of drug-likeness (QED) is 0.0267. The summed E-state index contributed by atoms with van der Waals surface area (Å²) in [6.07, 6.45) is 64.6. The topological polar surface area (TPSA) is 135 Å². The Labute approximate surface area is 450 Å². The molecule has 0 aromatic carbocycles. The summed E-state index contributed by atoms with van der Waals surface area (Å²) < 4.78 is 23.0. The maximum Gasteiger partial charge on any atom is 0.306 e. The highest BCUT2D eigenvalue weighted by atomic mass is 16.7. The maximum atomic E-state index is 12.9. The van der Waals surface area contributed by atoms with Crippen LogP contribution in [0.2, 0.25) is 0 Å². The van der Waals surface area contributed by atoms with Gasteiger partial charge in [-0.25, -0.2) is 0 Å². The fourth-order valence-electron chi connectivity index (χ4n) is 9.72. The number of hydrogen-bond donors (Lipinski definition) is 4. The second-order valence-corrected chi connectivity index (χ2v) is 21.5. The zero-order valence-electron chi connectivity index (χ0n) is 47.6. The van der Waals surface area contributed by atoms with Crippen molar-refractivity contribution in [1.29, 1.82) is 0 Å². The molecule has 428 valence electrons. The molecule has 6 atom stereocenters. The molecule has 0 bridgehead atoms. The second kappa shape index (κ2) is 54.9. The van der Waals surface area contributed by atoms with E-state index in [1.807, 2.05) is 0 Å². The molecule has 0 radical (unpaired) electrons. The Kier molecular flexibility index (Phi) is 52.0. The lowest BCUT2D eigenvalue weighted by molar-refractivity contribution is -0.305. The van der Waals surface area contributed by atoms with E-state index in [1.165, 1.54) is 212 Å². The monoisotopic (exact) mass is 1030 g/mol.